The van der Waals surface area contributed by atoms with E-state index in [0.29, 0.717) is 12.1 Å². The number of hydrogen-bond acceptors (Lipinski definition) is 2. The molecular formula is C23H31IN4O. The average molecular weight is 506 g/mol. The van der Waals surface area contributed by atoms with Gasteiger partial charge >= 0.3 is 0 Å². The monoisotopic (exact) mass is 506 g/mol. The molecule has 5 nitrogen and oxygen atoms in total. The van der Waals surface area contributed by atoms with Crippen molar-refractivity contribution in [3.63, 3.8) is 0 Å². The van der Waals surface area contributed by atoms with Gasteiger partial charge < -0.3 is 16.0 Å². The van der Waals surface area contributed by atoms with Gasteiger partial charge in [0.1, 0.15) is 0 Å². The standard InChI is InChI=1S/C23H30N4O.HI/c1-3-25-22(26-16-18-10-12-19(13-11-18)21(28)24-2)27-17-23(14-7-15-23)20-8-5-4-6-9-20;/h4-6,8-13H,3,7,14-17H2,1-2H3,(H,24,28)(H2,25,26,27);1H. The minimum Gasteiger partial charge on any atom is -0.357 e. The van der Waals surface area contributed by atoms with E-state index in [1.807, 2.05) is 24.3 Å². The van der Waals surface area contributed by atoms with Crippen LogP contribution in [0, 0.1) is 0 Å². The molecule has 0 heterocycles. The second-order valence-corrected chi connectivity index (χ2v) is 7.32. The first-order valence-electron chi connectivity index (χ1n) is 10.1. The van der Waals surface area contributed by atoms with E-state index in [4.69, 9.17) is 4.99 Å². The molecular weight excluding hydrogens is 475 g/mol. The Bertz CT molecular complexity index is 801. The van der Waals surface area contributed by atoms with Gasteiger partial charge in [0.2, 0.25) is 0 Å². The molecule has 1 aliphatic carbocycles. The Kier molecular flexibility index (Phi) is 8.95. The van der Waals surface area contributed by atoms with Gasteiger partial charge in [-0.3, -0.25) is 4.79 Å². The molecule has 6 heteroatoms. The summed E-state index contributed by atoms with van der Waals surface area (Å²) in [7, 11) is 1.64. The molecule has 1 fully saturated rings. The molecule has 29 heavy (non-hydrogen) atoms. The van der Waals surface area contributed by atoms with Crippen molar-refractivity contribution in [1.82, 2.24) is 16.0 Å². The quantitative estimate of drug-likeness (QED) is 0.304. The molecule has 0 spiro atoms. The van der Waals surface area contributed by atoms with E-state index < -0.39 is 0 Å². The van der Waals surface area contributed by atoms with E-state index >= 15 is 0 Å². The molecule has 2 aromatic rings. The van der Waals surface area contributed by atoms with Crippen LogP contribution in [0.4, 0.5) is 0 Å². The Morgan fingerprint density at radius 2 is 1.72 bits per heavy atom. The van der Waals surface area contributed by atoms with Crippen LogP contribution in [0.5, 0.6) is 0 Å². The number of hydrogen-bond donors (Lipinski definition) is 3. The van der Waals surface area contributed by atoms with Crippen molar-refractivity contribution in [3.05, 3.63) is 71.3 Å². The van der Waals surface area contributed by atoms with Crippen LogP contribution >= 0.6 is 24.0 Å². The molecule has 1 saturated carbocycles. The minimum atomic E-state index is -0.0724. The summed E-state index contributed by atoms with van der Waals surface area (Å²) >= 11 is 0. The molecule has 0 saturated heterocycles. The highest BCUT2D eigenvalue weighted by molar-refractivity contribution is 14.0. The molecule has 0 unspecified atom stereocenters. The predicted molar refractivity (Wildman–Crippen MR) is 130 cm³/mol. The van der Waals surface area contributed by atoms with Gasteiger partial charge in [0.05, 0.1) is 6.54 Å². The van der Waals surface area contributed by atoms with E-state index in [1.54, 1.807) is 7.05 Å². The number of carbonyl (C=O) groups is 1. The van der Waals surface area contributed by atoms with Crippen LogP contribution in [0.15, 0.2) is 59.6 Å². The molecule has 3 N–H and O–H groups in total. The molecule has 0 aromatic heterocycles. The number of amides is 1. The van der Waals surface area contributed by atoms with Crippen LogP contribution in [-0.2, 0) is 12.0 Å². The van der Waals surface area contributed by atoms with Gasteiger partial charge in [-0.2, -0.15) is 0 Å². The number of guanidine groups is 1. The number of nitrogens with zero attached hydrogens (tertiary/aromatic N) is 1. The predicted octanol–water partition coefficient (Wildman–Crippen LogP) is 3.84. The third-order valence-corrected chi connectivity index (χ3v) is 5.50. The summed E-state index contributed by atoms with van der Waals surface area (Å²) in [6.45, 7) is 4.35. The normalized spacial score (nSPS) is 14.9. The highest BCUT2D eigenvalue weighted by atomic mass is 127. The summed E-state index contributed by atoms with van der Waals surface area (Å²) in [5, 5.41) is 9.52. The number of rotatable bonds is 7. The molecule has 2 aromatic carbocycles. The highest BCUT2D eigenvalue weighted by Gasteiger charge is 2.38. The Labute approximate surface area is 190 Å². The van der Waals surface area contributed by atoms with Gasteiger partial charge in [0.25, 0.3) is 5.91 Å². The first kappa shape index (κ1) is 23.2. The van der Waals surface area contributed by atoms with Crippen molar-refractivity contribution in [2.24, 2.45) is 4.99 Å². The van der Waals surface area contributed by atoms with Gasteiger partial charge in [-0.25, -0.2) is 4.99 Å². The van der Waals surface area contributed by atoms with Crippen LogP contribution in [0.25, 0.3) is 0 Å². The summed E-state index contributed by atoms with van der Waals surface area (Å²) in [6, 6.07) is 18.4. The van der Waals surface area contributed by atoms with Crippen molar-refractivity contribution >= 4 is 35.8 Å². The Balaban J connectivity index is 0.00000300. The number of benzene rings is 2. The van der Waals surface area contributed by atoms with Gasteiger partial charge in [-0.1, -0.05) is 48.9 Å². The maximum Gasteiger partial charge on any atom is 0.251 e. The maximum absolute atomic E-state index is 11.6. The summed E-state index contributed by atoms with van der Waals surface area (Å²) < 4.78 is 0. The molecule has 1 aliphatic rings. The molecule has 0 atom stereocenters. The lowest BCUT2D eigenvalue weighted by atomic mass is 9.64. The number of carbonyl (C=O) groups excluding carboxylic acids is 1. The topological polar surface area (TPSA) is 65.5 Å². The van der Waals surface area contributed by atoms with E-state index in [-0.39, 0.29) is 35.3 Å². The van der Waals surface area contributed by atoms with Crippen molar-refractivity contribution in [2.75, 3.05) is 20.1 Å². The fourth-order valence-electron chi connectivity index (χ4n) is 3.63. The molecule has 0 radical (unpaired) electrons. The van der Waals surface area contributed by atoms with Crippen LogP contribution in [0.1, 0.15) is 47.7 Å². The van der Waals surface area contributed by atoms with E-state index in [1.165, 1.54) is 24.8 Å². The maximum atomic E-state index is 11.6. The Morgan fingerprint density at radius 3 is 2.28 bits per heavy atom. The smallest absolute Gasteiger partial charge is 0.251 e. The van der Waals surface area contributed by atoms with Crippen molar-refractivity contribution in [2.45, 2.75) is 38.1 Å². The van der Waals surface area contributed by atoms with Crippen molar-refractivity contribution < 1.29 is 4.79 Å². The second kappa shape index (κ2) is 11.2. The van der Waals surface area contributed by atoms with E-state index in [0.717, 1.165) is 24.6 Å². The first-order chi connectivity index (χ1) is 13.7. The van der Waals surface area contributed by atoms with Gasteiger partial charge in [-0.05, 0) is 43.0 Å². The summed E-state index contributed by atoms with van der Waals surface area (Å²) in [5.74, 6) is 0.761. The average Bonchev–Trinajstić information content (AvgIpc) is 2.71. The third-order valence-electron chi connectivity index (χ3n) is 5.50. The SMILES string of the molecule is CCNC(=NCc1ccc(C(=O)NC)cc1)NCC1(c2ccccc2)CCC1.I. The van der Waals surface area contributed by atoms with Crippen LogP contribution in [-0.4, -0.2) is 32.0 Å². The molecule has 0 aliphatic heterocycles. The van der Waals surface area contributed by atoms with Crippen LogP contribution in [0.2, 0.25) is 0 Å². The number of halogens is 1. The Hall–Kier alpha value is -2.09. The largest absolute Gasteiger partial charge is 0.357 e. The molecule has 3 rings (SSSR count). The van der Waals surface area contributed by atoms with Crippen molar-refractivity contribution in [3.8, 4) is 0 Å². The first-order valence-corrected chi connectivity index (χ1v) is 10.1. The van der Waals surface area contributed by atoms with Crippen LogP contribution in [0.3, 0.4) is 0 Å². The molecule has 1 amide bonds. The van der Waals surface area contributed by atoms with Crippen molar-refractivity contribution in [1.29, 1.82) is 0 Å². The minimum absolute atomic E-state index is 0. The zero-order valence-corrected chi connectivity index (χ0v) is 19.5. The Morgan fingerprint density at radius 1 is 1.03 bits per heavy atom. The highest BCUT2D eigenvalue weighted by Crippen LogP contribution is 2.43. The zero-order chi connectivity index (χ0) is 19.8. The number of nitrogens with one attached hydrogen (secondary N) is 3. The lowest BCUT2D eigenvalue weighted by Crippen LogP contribution is -2.48. The van der Waals surface area contributed by atoms with Gasteiger partial charge in [-0.15, -0.1) is 24.0 Å². The summed E-state index contributed by atoms with van der Waals surface area (Å²) in [4.78, 5) is 16.4. The molecule has 156 valence electrons. The van der Waals surface area contributed by atoms with E-state index in [2.05, 4.69) is 53.2 Å². The van der Waals surface area contributed by atoms with Gasteiger partial charge in [0, 0.05) is 31.1 Å². The lowest BCUT2D eigenvalue weighted by Gasteiger charge is -2.43. The second-order valence-electron chi connectivity index (χ2n) is 7.32. The summed E-state index contributed by atoms with van der Waals surface area (Å²) in [6.07, 6.45) is 3.71. The lowest BCUT2D eigenvalue weighted by molar-refractivity contribution is 0.0963. The fourth-order valence-corrected chi connectivity index (χ4v) is 3.63. The van der Waals surface area contributed by atoms with E-state index in [9.17, 15) is 4.79 Å². The zero-order valence-electron chi connectivity index (χ0n) is 17.2. The van der Waals surface area contributed by atoms with Gasteiger partial charge in [0.15, 0.2) is 5.96 Å². The summed E-state index contributed by atoms with van der Waals surface area (Å²) in [5.41, 5.74) is 3.36. The van der Waals surface area contributed by atoms with Crippen LogP contribution < -0.4 is 16.0 Å². The fraction of sp³-hybridized carbons (Fsp3) is 0.391. The number of aliphatic imine (C=N–C) groups is 1. The third kappa shape index (κ3) is 5.95. The molecule has 0 bridgehead atoms.